The van der Waals surface area contributed by atoms with E-state index in [1.165, 1.54) is 11.1 Å². The van der Waals surface area contributed by atoms with Gasteiger partial charge in [-0.05, 0) is 42.5 Å². The number of benzene rings is 2. The molecule has 0 saturated heterocycles. The van der Waals surface area contributed by atoms with Crippen molar-refractivity contribution in [2.75, 3.05) is 0 Å². The van der Waals surface area contributed by atoms with Crippen LogP contribution in [0.15, 0.2) is 59.1 Å². The lowest BCUT2D eigenvalue weighted by molar-refractivity contribution is -0.122. The van der Waals surface area contributed by atoms with E-state index in [1.807, 2.05) is 24.3 Å². The second kappa shape index (κ2) is 8.87. The van der Waals surface area contributed by atoms with Gasteiger partial charge in [-0.3, -0.25) is 4.79 Å². The van der Waals surface area contributed by atoms with Gasteiger partial charge in [0.05, 0.1) is 12.2 Å². The van der Waals surface area contributed by atoms with Gasteiger partial charge in [-0.25, -0.2) is 4.98 Å². The Labute approximate surface area is 167 Å². The van der Waals surface area contributed by atoms with Gasteiger partial charge in [0, 0.05) is 18.4 Å². The topological polar surface area (TPSA) is 55.1 Å². The third-order valence-electron chi connectivity index (χ3n) is 5.05. The molecule has 0 radical (unpaired) electrons. The molecule has 0 aliphatic heterocycles. The maximum absolute atomic E-state index is 12.5. The van der Waals surface area contributed by atoms with Crippen LogP contribution < -0.4 is 5.32 Å². The third-order valence-corrected chi connectivity index (χ3v) is 5.05. The van der Waals surface area contributed by atoms with Crippen LogP contribution in [0, 0.1) is 19.8 Å². The summed E-state index contributed by atoms with van der Waals surface area (Å²) in [5.41, 5.74) is 4.60. The normalized spacial score (nSPS) is 12.2. The van der Waals surface area contributed by atoms with Crippen molar-refractivity contribution in [3.8, 4) is 11.3 Å². The summed E-state index contributed by atoms with van der Waals surface area (Å²) in [5.74, 6) is 1.64. The van der Waals surface area contributed by atoms with Crippen molar-refractivity contribution in [3.63, 3.8) is 0 Å². The lowest BCUT2D eigenvalue weighted by atomic mass is 9.96. The minimum absolute atomic E-state index is 0.00403. The van der Waals surface area contributed by atoms with Crippen LogP contribution >= 0.6 is 0 Å². The van der Waals surface area contributed by atoms with Gasteiger partial charge in [0.25, 0.3) is 0 Å². The van der Waals surface area contributed by atoms with Crippen LogP contribution in [-0.4, -0.2) is 10.9 Å². The van der Waals surface area contributed by atoms with E-state index in [2.05, 4.69) is 62.3 Å². The Morgan fingerprint density at radius 2 is 1.82 bits per heavy atom. The molecule has 1 amide bonds. The zero-order valence-electron chi connectivity index (χ0n) is 17.0. The van der Waals surface area contributed by atoms with E-state index in [-0.39, 0.29) is 11.9 Å². The SMILES string of the molecule is Cc1ccc(-c2cnc(CCC(=O)N[C@@H](c3ccccc3)C(C)C)o2)cc1C. The Bertz CT molecular complexity index is 929. The van der Waals surface area contributed by atoms with Crippen LogP contribution in [-0.2, 0) is 11.2 Å². The van der Waals surface area contributed by atoms with Gasteiger partial charge in [0.1, 0.15) is 0 Å². The predicted molar refractivity (Wildman–Crippen MR) is 112 cm³/mol. The molecule has 146 valence electrons. The fourth-order valence-corrected chi connectivity index (χ4v) is 3.22. The highest BCUT2D eigenvalue weighted by molar-refractivity contribution is 5.76. The first kappa shape index (κ1) is 19.9. The minimum atomic E-state index is 0.00403. The Kier molecular flexibility index (Phi) is 6.30. The highest BCUT2D eigenvalue weighted by Crippen LogP contribution is 2.24. The van der Waals surface area contributed by atoms with Crippen LogP contribution in [0.2, 0.25) is 0 Å². The molecule has 3 rings (SSSR count). The zero-order valence-corrected chi connectivity index (χ0v) is 17.0. The second-order valence-electron chi connectivity index (χ2n) is 7.62. The number of nitrogens with zero attached hydrogens (tertiary/aromatic N) is 1. The van der Waals surface area contributed by atoms with Gasteiger partial charge in [-0.15, -0.1) is 0 Å². The van der Waals surface area contributed by atoms with Crippen LogP contribution in [0.4, 0.5) is 0 Å². The summed E-state index contributed by atoms with van der Waals surface area (Å²) in [7, 11) is 0. The van der Waals surface area contributed by atoms with Crippen molar-refractivity contribution in [2.24, 2.45) is 5.92 Å². The summed E-state index contributed by atoms with van der Waals surface area (Å²) in [6, 6.07) is 16.3. The van der Waals surface area contributed by atoms with Crippen molar-refractivity contribution in [1.29, 1.82) is 0 Å². The van der Waals surface area contributed by atoms with Crippen molar-refractivity contribution in [3.05, 3.63) is 77.3 Å². The van der Waals surface area contributed by atoms with Gasteiger partial charge in [0.2, 0.25) is 5.91 Å². The summed E-state index contributed by atoms with van der Waals surface area (Å²) in [4.78, 5) is 16.8. The number of carbonyl (C=O) groups is 1. The maximum atomic E-state index is 12.5. The standard InChI is InChI=1S/C24H28N2O2/c1-16(2)24(19-8-6-5-7-9-19)26-22(27)12-13-23-25-15-21(28-23)20-11-10-17(3)18(4)14-20/h5-11,14-16,24H,12-13H2,1-4H3,(H,26,27)/t24-/m1/s1. The predicted octanol–water partition coefficient (Wildman–Crippen LogP) is 5.40. The molecular weight excluding hydrogens is 348 g/mol. The van der Waals surface area contributed by atoms with E-state index in [4.69, 9.17) is 4.42 Å². The largest absolute Gasteiger partial charge is 0.441 e. The first-order valence-electron chi connectivity index (χ1n) is 9.80. The molecule has 0 bridgehead atoms. The summed E-state index contributed by atoms with van der Waals surface area (Å²) in [6.45, 7) is 8.39. The van der Waals surface area contributed by atoms with Crippen molar-refractivity contribution < 1.29 is 9.21 Å². The Hall–Kier alpha value is -2.88. The number of hydrogen-bond acceptors (Lipinski definition) is 3. The molecule has 28 heavy (non-hydrogen) atoms. The number of carbonyl (C=O) groups excluding carboxylic acids is 1. The average molecular weight is 377 g/mol. The van der Waals surface area contributed by atoms with E-state index in [9.17, 15) is 4.79 Å². The van der Waals surface area contributed by atoms with E-state index >= 15 is 0 Å². The van der Waals surface area contributed by atoms with E-state index in [0.29, 0.717) is 24.7 Å². The van der Waals surface area contributed by atoms with Crippen molar-refractivity contribution in [2.45, 2.75) is 46.6 Å². The third kappa shape index (κ3) is 4.89. The first-order chi connectivity index (χ1) is 13.4. The van der Waals surface area contributed by atoms with Crippen molar-refractivity contribution in [1.82, 2.24) is 10.3 Å². The quantitative estimate of drug-likeness (QED) is 0.600. The van der Waals surface area contributed by atoms with Gasteiger partial charge >= 0.3 is 0 Å². The second-order valence-corrected chi connectivity index (χ2v) is 7.62. The lowest BCUT2D eigenvalue weighted by Crippen LogP contribution is -2.31. The lowest BCUT2D eigenvalue weighted by Gasteiger charge is -2.22. The maximum Gasteiger partial charge on any atom is 0.221 e. The van der Waals surface area contributed by atoms with Crippen LogP contribution in [0.1, 0.15) is 48.9 Å². The fourth-order valence-electron chi connectivity index (χ4n) is 3.22. The molecule has 0 aliphatic carbocycles. The van der Waals surface area contributed by atoms with Crippen LogP contribution in [0.5, 0.6) is 0 Å². The molecule has 0 unspecified atom stereocenters. The van der Waals surface area contributed by atoms with Gasteiger partial charge in [-0.2, -0.15) is 0 Å². The number of amides is 1. The summed E-state index contributed by atoms with van der Waals surface area (Å²) < 4.78 is 5.86. The number of rotatable bonds is 7. The van der Waals surface area contributed by atoms with Crippen molar-refractivity contribution >= 4 is 5.91 Å². The molecule has 0 saturated carbocycles. The Morgan fingerprint density at radius 3 is 2.50 bits per heavy atom. The minimum Gasteiger partial charge on any atom is -0.441 e. The number of hydrogen-bond donors (Lipinski definition) is 1. The molecule has 3 aromatic rings. The highest BCUT2D eigenvalue weighted by Gasteiger charge is 2.18. The molecule has 1 atom stereocenters. The molecule has 0 spiro atoms. The molecule has 0 fully saturated rings. The molecule has 2 aromatic carbocycles. The highest BCUT2D eigenvalue weighted by atomic mass is 16.4. The molecule has 4 heteroatoms. The van der Waals surface area contributed by atoms with Gasteiger partial charge in [0.15, 0.2) is 11.7 Å². The zero-order chi connectivity index (χ0) is 20.1. The van der Waals surface area contributed by atoms with E-state index in [0.717, 1.165) is 16.9 Å². The summed E-state index contributed by atoms with van der Waals surface area (Å²) in [5, 5.41) is 3.15. The average Bonchev–Trinajstić information content (AvgIpc) is 3.16. The van der Waals surface area contributed by atoms with E-state index < -0.39 is 0 Å². The smallest absolute Gasteiger partial charge is 0.221 e. The van der Waals surface area contributed by atoms with Crippen LogP contribution in [0.3, 0.4) is 0 Å². The molecule has 4 nitrogen and oxygen atoms in total. The van der Waals surface area contributed by atoms with Gasteiger partial charge in [-0.1, -0.05) is 56.3 Å². The Balaban J connectivity index is 1.60. The summed E-state index contributed by atoms with van der Waals surface area (Å²) in [6.07, 6.45) is 2.57. The van der Waals surface area contributed by atoms with E-state index in [1.54, 1.807) is 6.20 Å². The van der Waals surface area contributed by atoms with Crippen LogP contribution in [0.25, 0.3) is 11.3 Å². The van der Waals surface area contributed by atoms with Gasteiger partial charge < -0.3 is 9.73 Å². The molecule has 1 aromatic heterocycles. The molecule has 0 aliphatic rings. The number of nitrogens with one attached hydrogen (secondary N) is 1. The number of oxazole rings is 1. The molecule has 1 heterocycles. The fraction of sp³-hybridized carbons (Fsp3) is 0.333. The Morgan fingerprint density at radius 1 is 1.07 bits per heavy atom. The number of aromatic nitrogens is 1. The monoisotopic (exact) mass is 376 g/mol. The molecular formula is C24H28N2O2. The molecule has 1 N–H and O–H groups in total. The first-order valence-corrected chi connectivity index (χ1v) is 9.80. The number of aryl methyl sites for hydroxylation is 3. The summed E-state index contributed by atoms with van der Waals surface area (Å²) >= 11 is 0.